The summed E-state index contributed by atoms with van der Waals surface area (Å²) in [4.78, 5) is 24.3. The maximum atomic E-state index is 12.9. The summed E-state index contributed by atoms with van der Waals surface area (Å²) >= 11 is 0. The Morgan fingerprint density at radius 3 is 2.64 bits per heavy atom. The summed E-state index contributed by atoms with van der Waals surface area (Å²) in [6.45, 7) is 2.69. The van der Waals surface area contributed by atoms with Gasteiger partial charge < -0.3 is 14.5 Å². The zero-order valence-electron chi connectivity index (χ0n) is 18.4. The second-order valence-electron chi connectivity index (χ2n) is 7.93. The minimum atomic E-state index is -3.59. The summed E-state index contributed by atoms with van der Waals surface area (Å²) in [5, 5.41) is 3.49. The lowest BCUT2D eigenvalue weighted by Crippen LogP contribution is -2.35. The van der Waals surface area contributed by atoms with Crippen LogP contribution in [0.4, 0.5) is 5.69 Å². The number of sulfonamides is 1. The fraction of sp³-hybridized carbons (Fsp3) is 0.333. The smallest absolute Gasteiger partial charge is 0.336 e. The van der Waals surface area contributed by atoms with Gasteiger partial charge in [0.1, 0.15) is 11.3 Å². The molecule has 1 aliphatic heterocycles. The van der Waals surface area contributed by atoms with E-state index in [0.29, 0.717) is 36.5 Å². The summed E-state index contributed by atoms with van der Waals surface area (Å²) in [7, 11) is -3.59. The van der Waals surface area contributed by atoms with Crippen molar-refractivity contribution in [1.82, 2.24) is 4.31 Å². The molecule has 174 valence electrons. The Bertz CT molecular complexity index is 1330. The third kappa shape index (κ3) is 5.26. The second kappa shape index (κ2) is 9.76. The maximum Gasteiger partial charge on any atom is 0.336 e. The Hall–Kier alpha value is -3.17. The van der Waals surface area contributed by atoms with Crippen molar-refractivity contribution in [3.8, 4) is 5.75 Å². The van der Waals surface area contributed by atoms with E-state index in [4.69, 9.17) is 9.15 Å². The molecule has 2 aromatic carbocycles. The molecule has 2 heterocycles. The first-order chi connectivity index (χ1) is 15.9. The number of fused-ring (bicyclic) bond motifs is 1. The largest absolute Gasteiger partial charge is 0.484 e. The van der Waals surface area contributed by atoms with Crippen LogP contribution >= 0.6 is 0 Å². The summed E-state index contributed by atoms with van der Waals surface area (Å²) < 4.78 is 38.0. The average Bonchev–Trinajstić information content (AvgIpc) is 2.82. The second-order valence-corrected chi connectivity index (χ2v) is 9.87. The number of benzene rings is 2. The zero-order chi connectivity index (χ0) is 23.4. The molecule has 1 aliphatic rings. The lowest BCUT2D eigenvalue weighted by Gasteiger charge is -2.26. The number of hydrogen-bond acceptors (Lipinski definition) is 6. The number of carbonyl (C=O) groups is 1. The highest BCUT2D eigenvalue weighted by atomic mass is 32.2. The Balaban J connectivity index is 1.42. The minimum absolute atomic E-state index is 0.152. The van der Waals surface area contributed by atoms with Crippen LogP contribution in [0.25, 0.3) is 11.0 Å². The van der Waals surface area contributed by atoms with Gasteiger partial charge in [-0.15, -0.1) is 0 Å². The molecule has 1 N–H and O–H groups in total. The molecule has 8 nitrogen and oxygen atoms in total. The highest BCUT2D eigenvalue weighted by Crippen LogP contribution is 2.24. The van der Waals surface area contributed by atoms with E-state index >= 15 is 0 Å². The lowest BCUT2D eigenvalue weighted by atomic mass is 10.1. The standard InChI is InChI=1S/C24H26N2O6S/c1-2-17-13-24(28)32-22-15-19(9-10-21(17)22)31-16-23(27)25-18-7-6-8-20(14-18)33(29,30)26-11-4-3-5-12-26/h6-10,13-15H,2-5,11-12,16H2,1H3,(H,25,27). The number of rotatable bonds is 7. The van der Waals surface area contributed by atoms with Crippen molar-refractivity contribution < 1.29 is 22.4 Å². The molecule has 1 saturated heterocycles. The third-order valence-electron chi connectivity index (χ3n) is 5.62. The Kier molecular flexibility index (Phi) is 6.80. The average molecular weight is 471 g/mol. The van der Waals surface area contributed by atoms with Crippen LogP contribution in [0.3, 0.4) is 0 Å². The molecule has 0 unspecified atom stereocenters. The van der Waals surface area contributed by atoms with E-state index in [-0.39, 0.29) is 11.5 Å². The number of ether oxygens (including phenoxy) is 1. The van der Waals surface area contributed by atoms with Gasteiger partial charge in [-0.1, -0.05) is 19.4 Å². The Morgan fingerprint density at radius 2 is 1.88 bits per heavy atom. The van der Waals surface area contributed by atoms with Gasteiger partial charge in [-0.05, 0) is 55.2 Å². The van der Waals surface area contributed by atoms with Crippen molar-refractivity contribution in [2.45, 2.75) is 37.5 Å². The van der Waals surface area contributed by atoms with Gasteiger partial charge >= 0.3 is 5.63 Å². The van der Waals surface area contributed by atoms with Crippen molar-refractivity contribution >= 4 is 32.6 Å². The van der Waals surface area contributed by atoms with Gasteiger partial charge in [-0.2, -0.15) is 4.31 Å². The zero-order valence-corrected chi connectivity index (χ0v) is 19.2. The van der Waals surface area contributed by atoms with Crippen molar-refractivity contribution in [1.29, 1.82) is 0 Å². The topological polar surface area (TPSA) is 106 Å². The van der Waals surface area contributed by atoms with Crippen LogP contribution < -0.4 is 15.7 Å². The number of carbonyl (C=O) groups excluding carboxylic acids is 1. The van der Waals surface area contributed by atoms with Crippen LogP contribution in [0.15, 0.2) is 62.6 Å². The number of anilines is 1. The van der Waals surface area contributed by atoms with Crippen molar-refractivity contribution in [3.05, 3.63) is 64.5 Å². The molecule has 4 rings (SSSR count). The molecule has 0 aliphatic carbocycles. The molecule has 0 radical (unpaired) electrons. The number of hydrogen-bond donors (Lipinski definition) is 1. The molecule has 0 spiro atoms. The van der Waals surface area contributed by atoms with Crippen molar-refractivity contribution in [2.75, 3.05) is 25.0 Å². The van der Waals surface area contributed by atoms with Crippen molar-refractivity contribution in [3.63, 3.8) is 0 Å². The number of nitrogens with one attached hydrogen (secondary N) is 1. The van der Waals surface area contributed by atoms with E-state index in [1.54, 1.807) is 30.3 Å². The fourth-order valence-electron chi connectivity index (χ4n) is 3.93. The van der Waals surface area contributed by atoms with Crippen LogP contribution in [0.5, 0.6) is 5.75 Å². The SMILES string of the molecule is CCc1cc(=O)oc2cc(OCC(=O)Nc3cccc(S(=O)(=O)N4CCCCC4)c3)ccc12. The molecule has 1 amide bonds. The van der Waals surface area contributed by atoms with Gasteiger partial charge in [0.25, 0.3) is 5.91 Å². The molecule has 0 bridgehead atoms. The Labute approximate surface area is 192 Å². The molecule has 1 aromatic heterocycles. The van der Waals surface area contributed by atoms with Gasteiger partial charge in [0.05, 0.1) is 4.90 Å². The highest BCUT2D eigenvalue weighted by Gasteiger charge is 2.26. The molecular formula is C24H26N2O6S. The van der Waals surface area contributed by atoms with E-state index in [1.807, 2.05) is 6.92 Å². The highest BCUT2D eigenvalue weighted by molar-refractivity contribution is 7.89. The van der Waals surface area contributed by atoms with Gasteiger partial charge in [0.15, 0.2) is 6.61 Å². The lowest BCUT2D eigenvalue weighted by molar-refractivity contribution is -0.118. The van der Waals surface area contributed by atoms with Gasteiger partial charge in [0.2, 0.25) is 10.0 Å². The summed E-state index contributed by atoms with van der Waals surface area (Å²) in [6, 6.07) is 12.8. The van der Waals surface area contributed by atoms with E-state index in [2.05, 4.69) is 5.32 Å². The molecule has 0 atom stereocenters. The minimum Gasteiger partial charge on any atom is -0.484 e. The molecule has 33 heavy (non-hydrogen) atoms. The number of amides is 1. The summed E-state index contributed by atoms with van der Waals surface area (Å²) in [5.41, 5.74) is 1.21. The van der Waals surface area contributed by atoms with Crippen LogP contribution in [-0.2, 0) is 21.2 Å². The van der Waals surface area contributed by atoms with Crippen LogP contribution in [0.1, 0.15) is 31.7 Å². The number of aryl methyl sites for hydroxylation is 1. The van der Waals surface area contributed by atoms with E-state index < -0.39 is 21.6 Å². The van der Waals surface area contributed by atoms with E-state index in [9.17, 15) is 18.0 Å². The van der Waals surface area contributed by atoms with Crippen LogP contribution in [-0.4, -0.2) is 38.3 Å². The monoisotopic (exact) mass is 470 g/mol. The van der Waals surface area contributed by atoms with Crippen molar-refractivity contribution in [2.24, 2.45) is 0 Å². The van der Waals surface area contributed by atoms with E-state index in [0.717, 1.165) is 30.2 Å². The molecule has 3 aromatic rings. The molecule has 1 fully saturated rings. The molecule has 0 saturated carbocycles. The number of nitrogens with zero attached hydrogens (tertiary/aromatic N) is 1. The Morgan fingerprint density at radius 1 is 1.09 bits per heavy atom. The first kappa shape index (κ1) is 23.0. The fourth-order valence-corrected chi connectivity index (χ4v) is 5.49. The quantitative estimate of drug-likeness (QED) is 0.530. The molecular weight excluding hydrogens is 444 g/mol. The van der Waals surface area contributed by atoms with Crippen LogP contribution in [0, 0.1) is 0 Å². The van der Waals surface area contributed by atoms with E-state index in [1.165, 1.54) is 22.5 Å². The maximum absolute atomic E-state index is 12.9. The summed E-state index contributed by atoms with van der Waals surface area (Å²) in [6.07, 6.45) is 3.43. The van der Waals surface area contributed by atoms with Crippen LogP contribution in [0.2, 0.25) is 0 Å². The normalized spacial score (nSPS) is 14.8. The third-order valence-corrected chi connectivity index (χ3v) is 7.52. The number of piperidine rings is 1. The first-order valence-corrected chi connectivity index (χ1v) is 12.4. The van der Waals surface area contributed by atoms with Gasteiger partial charge in [0, 0.05) is 36.3 Å². The first-order valence-electron chi connectivity index (χ1n) is 11.0. The predicted molar refractivity (Wildman–Crippen MR) is 125 cm³/mol. The van der Waals surface area contributed by atoms with Gasteiger partial charge in [-0.25, -0.2) is 13.2 Å². The summed E-state index contributed by atoms with van der Waals surface area (Å²) in [5.74, 6) is -0.0538. The predicted octanol–water partition coefficient (Wildman–Crippen LogP) is 3.55. The molecule has 9 heteroatoms. The van der Waals surface area contributed by atoms with Gasteiger partial charge in [-0.3, -0.25) is 4.79 Å².